The van der Waals surface area contributed by atoms with E-state index in [9.17, 15) is 4.79 Å². The molecule has 2 atom stereocenters. The van der Waals surface area contributed by atoms with Gasteiger partial charge in [0.15, 0.2) is 6.04 Å². The molecule has 0 saturated carbocycles. The van der Waals surface area contributed by atoms with Gasteiger partial charge in [-0.2, -0.15) is 0 Å². The van der Waals surface area contributed by atoms with Crippen LogP contribution in [-0.4, -0.2) is 11.9 Å². The van der Waals surface area contributed by atoms with Crippen LogP contribution in [0.5, 0.6) is 0 Å². The lowest BCUT2D eigenvalue weighted by molar-refractivity contribution is -0.704. The Labute approximate surface area is 130 Å². The molecule has 0 unspecified atom stereocenters. The number of hydrogen-bond donors (Lipinski definition) is 2. The molecule has 0 spiro atoms. The topological polar surface area (TPSA) is 59.7 Å². The van der Waals surface area contributed by atoms with Crippen molar-refractivity contribution in [1.29, 1.82) is 0 Å². The van der Waals surface area contributed by atoms with Crippen molar-refractivity contribution in [1.82, 2.24) is 0 Å². The molecule has 0 bridgehead atoms. The number of primary amides is 1. The number of carbonyl (C=O) groups excluding carboxylic acids is 1. The number of nitrogens with two attached hydrogens (primary N) is 2. The van der Waals surface area contributed by atoms with Gasteiger partial charge < -0.3 is 11.1 Å². The predicted octanol–water partition coefficient (Wildman–Crippen LogP) is 2.23. The Morgan fingerprint density at radius 2 is 2.00 bits per heavy atom. The molecular weight excluding hydrogens is 280 g/mol. The summed E-state index contributed by atoms with van der Waals surface area (Å²) in [6, 6.07) is 12.7. The summed E-state index contributed by atoms with van der Waals surface area (Å²) < 4.78 is 0. The number of thiophene rings is 1. The monoisotopic (exact) mass is 303 g/mol. The highest BCUT2D eigenvalue weighted by molar-refractivity contribution is 7.10. The van der Waals surface area contributed by atoms with Crippen molar-refractivity contribution in [2.45, 2.75) is 38.8 Å². The van der Waals surface area contributed by atoms with Crippen molar-refractivity contribution in [3.63, 3.8) is 0 Å². The molecular formula is C17H23N2OS+. The van der Waals surface area contributed by atoms with Gasteiger partial charge in [0.2, 0.25) is 0 Å². The lowest BCUT2D eigenvalue weighted by Gasteiger charge is -2.18. The van der Waals surface area contributed by atoms with Gasteiger partial charge in [0.05, 0.1) is 4.88 Å². The van der Waals surface area contributed by atoms with Gasteiger partial charge in [0.1, 0.15) is 6.04 Å². The first-order valence-corrected chi connectivity index (χ1v) is 8.26. The Bertz CT molecular complexity index is 563. The maximum absolute atomic E-state index is 11.4. The van der Waals surface area contributed by atoms with E-state index in [0.29, 0.717) is 0 Å². The second-order valence-corrected chi connectivity index (χ2v) is 6.35. The molecule has 4 N–H and O–H groups in total. The third-order valence-corrected chi connectivity index (χ3v) is 4.61. The van der Waals surface area contributed by atoms with Crippen LogP contribution in [0.25, 0.3) is 0 Å². The summed E-state index contributed by atoms with van der Waals surface area (Å²) in [5.74, 6) is -0.279. The molecule has 1 heterocycles. The molecule has 0 saturated heterocycles. The molecule has 2 rings (SSSR count). The molecule has 21 heavy (non-hydrogen) atoms. The summed E-state index contributed by atoms with van der Waals surface area (Å²) in [5, 5.41) is 4.11. The number of carbonyl (C=O) groups is 1. The molecule has 1 amide bonds. The normalized spacial score (nSPS) is 13.8. The van der Waals surface area contributed by atoms with Crippen LogP contribution in [0.3, 0.4) is 0 Å². The Balaban J connectivity index is 2.24. The lowest BCUT2D eigenvalue weighted by atomic mass is 10.0. The van der Waals surface area contributed by atoms with Gasteiger partial charge in [-0.15, -0.1) is 11.3 Å². The van der Waals surface area contributed by atoms with Gasteiger partial charge in [0, 0.05) is 5.56 Å². The molecule has 0 fully saturated rings. The Morgan fingerprint density at radius 3 is 2.52 bits per heavy atom. The molecule has 0 radical (unpaired) electrons. The van der Waals surface area contributed by atoms with Crippen molar-refractivity contribution in [2.24, 2.45) is 5.73 Å². The molecule has 0 aliphatic heterocycles. The first-order valence-electron chi connectivity index (χ1n) is 7.38. The number of aryl methyl sites for hydroxylation is 1. The summed E-state index contributed by atoms with van der Waals surface area (Å²) in [7, 11) is 0. The van der Waals surface area contributed by atoms with Crippen LogP contribution in [0.15, 0.2) is 41.8 Å². The number of hydrogen-bond acceptors (Lipinski definition) is 2. The highest BCUT2D eigenvalue weighted by atomic mass is 32.1. The van der Waals surface area contributed by atoms with Gasteiger partial charge in [-0.1, -0.05) is 43.7 Å². The summed E-state index contributed by atoms with van der Waals surface area (Å²) >= 11 is 1.71. The summed E-state index contributed by atoms with van der Waals surface area (Å²) in [4.78, 5) is 12.6. The molecule has 1 aromatic carbocycles. The van der Waals surface area contributed by atoms with Crippen LogP contribution in [0, 0.1) is 0 Å². The number of rotatable bonds is 7. The van der Waals surface area contributed by atoms with Crippen molar-refractivity contribution < 1.29 is 10.1 Å². The van der Waals surface area contributed by atoms with Crippen LogP contribution >= 0.6 is 11.3 Å². The van der Waals surface area contributed by atoms with E-state index in [1.807, 2.05) is 18.3 Å². The number of amides is 1. The maximum Gasteiger partial charge on any atom is 0.275 e. The quantitative estimate of drug-likeness (QED) is 0.809. The first kappa shape index (κ1) is 15.7. The minimum Gasteiger partial charge on any atom is -0.365 e. The van der Waals surface area contributed by atoms with E-state index in [1.54, 1.807) is 11.3 Å². The fourth-order valence-corrected chi connectivity index (χ4v) is 3.23. The highest BCUT2D eigenvalue weighted by Gasteiger charge is 2.23. The second kappa shape index (κ2) is 7.38. The lowest BCUT2D eigenvalue weighted by Crippen LogP contribution is -2.92. The average molecular weight is 303 g/mol. The summed E-state index contributed by atoms with van der Waals surface area (Å²) in [6.07, 6.45) is 2.25. The molecule has 3 nitrogen and oxygen atoms in total. The van der Waals surface area contributed by atoms with Crippen molar-refractivity contribution >= 4 is 17.2 Å². The smallest absolute Gasteiger partial charge is 0.275 e. The van der Waals surface area contributed by atoms with Gasteiger partial charge >= 0.3 is 0 Å². The first-order chi connectivity index (χ1) is 10.1. The average Bonchev–Trinajstić information content (AvgIpc) is 2.99. The van der Waals surface area contributed by atoms with Crippen LogP contribution in [-0.2, 0) is 11.2 Å². The van der Waals surface area contributed by atoms with E-state index in [2.05, 4.69) is 42.6 Å². The highest BCUT2D eigenvalue weighted by Crippen LogP contribution is 2.23. The van der Waals surface area contributed by atoms with E-state index in [1.165, 1.54) is 16.0 Å². The fourth-order valence-electron chi connectivity index (χ4n) is 2.40. The van der Waals surface area contributed by atoms with Crippen molar-refractivity contribution in [3.8, 4) is 0 Å². The third kappa shape index (κ3) is 4.16. The van der Waals surface area contributed by atoms with Gasteiger partial charge in [-0.05, 0) is 30.4 Å². The molecule has 2 aromatic rings. The largest absolute Gasteiger partial charge is 0.365 e. The van der Waals surface area contributed by atoms with Gasteiger partial charge in [-0.3, -0.25) is 4.79 Å². The maximum atomic E-state index is 11.4. The fraction of sp³-hybridized carbons (Fsp3) is 0.353. The van der Waals surface area contributed by atoms with Crippen molar-refractivity contribution in [2.75, 3.05) is 0 Å². The third-order valence-electron chi connectivity index (χ3n) is 3.66. The van der Waals surface area contributed by atoms with E-state index in [4.69, 9.17) is 5.73 Å². The standard InChI is InChI=1S/C17H22N2OS/c1-3-5-13-7-9-14(10-8-13)16(15-6-4-11-21-15)19-12(2)17(18)20/h4,6-12,16,19H,3,5H2,1-2H3,(H2,18,20)/p+1/t12-,16-/m1/s1. The molecule has 112 valence electrons. The summed E-state index contributed by atoms with van der Waals surface area (Å²) in [6.45, 7) is 4.04. The Kier molecular flexibility index (Phi) is 5.53. The van der Waals surface area contributed by atoms with Gasteiger partial charge in [-0.25, -0.2) is 0 Å². The zero-order valence-electron chi connectivity index (χ0n) is 12.6. The minimum atomic E-state index is -0.279. The number of quaternary nitrogens is 1. The van der Waals surface area contributed by atoms with Crippen LogP contribution in [0.1, 0.15) is 42.3 Å². The molecule has 0 aliphatic carbocycles. The summed E-state index contributed by atoms with van der Waals surface area (Å²) in [5.41, 5.74) is 7.98. The SMILES string of the molecule is CCCc1ccc([C@@H]([NH2+][C@H](C)C(N)=O)c2cccs2)cc1. The zero-order chi connectivity index (χ0) is 15.2. The zero-order valence-corrected chi connectivity index (χ0v) is 13.4. The number of benzene rings is 1. The Morgan fingerprint density at radius 1 is 1.29 bits per heavy atom. The van der Waals surface area contributed by atoms with Crippen LogP contribution in [0.2, 0.25) is 0 Å². The van der Waals surface area contributed by atoms with Gasteiger partial charge in [0.25, 0.3) is 5.91 Å². The predicted molar refractivity (Wildman–Crippen MR) is 87.2 cm³/mol. The van der Waals surface area contributed by atoms with E-state index >= 15 is 0 Å². The molecule has 0 aliphatic rings. The van der Waals surface area contributed by atoms with Crippen molar-refractivity contribution in [3.05, 3.63) is 57.8 Å². The second-order valence-electron chi connectivity index (χ2n) is 5.37. The Hall–Kier alpha value is -1.65. The van der Waals surface area contributed by atoms with E-state index in [-0.39, 0.29) is 18.0 Å². The minimum absolute atomic E-state index is 0.128. The van der Waals surface area contributed by atoms with Crippen LogP contribution in [0.4, 0.5) is 0 Å². The van der Waals surface area contributed by atoms with Crippen LogP contribution < -0.4 is 11.1 Å². The van der Waals surface area contributed by atoms with E-state index in [0.717, 1.165) is 12.8 Å². The van der Waals surface area contributed by atoms with E-state index < -0.39 is 0 Å². The molecule has 4 heteroatoms. The molecule has 1 aromatic heterocycles.